The third-order valence-electron chi connectivity index (χ3n) is 2.98. The summed E-state index contributed by atoms with van der Waals surface area (Å²) < 4.78 is 0. The van der Waals surface area contributed by atoms with E-state index in [1.165, 1.54) is 25.3 Å². The normalized spacial score (nSPS) is 20.8. The lowest BCUT2D eigenvalue weighted by Gasteiger charge is -2.21. The van der Waals surface area contributed by atoms with Crippen LogP contribution in [0.15, 0.2) is 23.2 Å². The highest BCUT2D eigenvalue weighted by atomic mass is 16.3. The van der Waals surface area contributed by atoms with E-state index in [4.69, 9.17) is 5.11 Å². The van der Waals surface area contributed by atoms with Crippen LogP contribution in [0.1, 0.15) is 24.8 Å². The van der Waals surface area contributed by atoms with Crippen molar-refractivity contribution in [3.63, 3.8) is 0 Å². The van der Waals surface area contributed by atoms with Gasteiger partial charge in [-0.2, -0.15) is 0 Å². The molecule has 0 bridgehead atoms. The van der Waals surface area contributed by atoms with E-state index >= 15 is 0 Å². The number of aliphatic imine (C=N–C) groups is 1. The molecule has 0 amide bonds. The van der Waals surface area contributed by atoms with Gasteiger partial charge in [0, 0.05) is 23.9 Å². The number of phenols is 2. The zero-order valence-electron chi connectivity index (χ0n) is 9.76. The van der Waals surface area contributed by atoms with Gasteiger partial charge in [0.2, 0.25) is 0 Å². The molecule has 1 saturated heterocycles. The average Bonchev–Trinajstić information content (AvgIpc) is 2.33. The van der Waals surface area contributed by atoms with Gasteiger partial charge in [-0.3, -0.25) is 4.99 Å². The van der Waals surface area contributed by atoms with Crippen molar-refractivity contribution in [3.05, 3.63) is 23.8 Å². The number of piperidine rings is 1. The summed E-state index contributed by atoms with van der Waals surface area (Å²) in [6.07, 6.45) is 5.33. The SMILES string of the molecule is Oc1ccc(C=NCC2CCCCN2)c(O)c1. The summed E-state index contributed by atoms with van der Waals surface area (Å²) in [4.78, 5) is 4.33. The maximum atomic E-state index is 9.56. The van der Waals surface area contributed by atoms with Gasteiger partial charge in [0.05, 0.1) is 6.54 Å². The average molecular weight is 234 g/mol. The van der Waals surface area contributed by atoms with Crippen molar-refractivity contribution >= 4 is 6.21 Å². The van der Waals surface area contributed by atoms with Crippen molar-refractivity contribution in [3.8, 4) is 11.5 Å². The summed E-state index contributed by atoms with van der Waals surface area (Å²) in [5.41, 5.74) is 0.638. The van der Waals surface area contributed by atoms with Crippen LogP contribution in [0.3, 0.4) is 0 Å². The van der Waals surface area contributed by atoms with Gasteiger partial charge in [0.25, 0.3) is 0 Å². The maximum Gasteiger partial charge on any atom is 0.128 e. The molecule has 4 nitrogen and oxygen atoms in total. The second-order valence-corrected chi connectivity index (χ2v) is 4.38. The first-order chi connectivity index (χ1) is 8.25. The van der Waals surface area contributed by atoms with E-state index in [1.807, 2.05) is 0 Å². The fourth-order valence-electron chi connectivity index (χ4n) is 2.00. The summed E-state index contributed by atoms with van der Waals surface area (Å²) in [5.74, 6) is 0.124. The minimum atomic E-state index is 0.0605. The minimum Gasteiger partial charge on any atom is -0.508 e. The summed E-state index contributed by atoms with van der Waals surface area (Å²) in [5, 5.41) is 22.1. The first kappa shape index (κ1) is 11.9. The van der Waals surface area contributed by atoms with Crippen molar-refractivity contribution in [1.29, 1.82) is 0 Å². The fourth-order valence-corrected chi connectivity index (χ4v) is 2.00. The molecule has 1 aromatic rings. The van der Waals surface area contributed by atoms with E-state index in [1.54, 1.807) is 18.3 Å². The summed E-state index contributed by atoms with van der Waals surface area (Å²) in [6, 6.07) is 4.97. The van der Waals surface area contributed by atoms with Gasteiger partial charge in [-0.15, -0.1) is 0 Å². The Balaban J connectivity index is 1.90. The quantitative estimate of drug-likeness (QED) is 0.697. The third-order valence-corrected chi connectivity index (χ3v) is 2.98. The van der Waals surface area contributed by atoms with Crippen molar-refractivity contribution in [2.75, 3.05) is 13.1 Å². The summed E-state index contributed by atoms with van der Waals surface area (Å²) >= 11 is 0. The molecule has 1 heterocycles. The fraction of sp³-hybridized carbons (Fsp3) is 0.462. The number of hydrogen-bond acceptors (Lipinski definition) is 4. The smallest absolute Gasteiger partial charge is 0.128 e. The van der Waals surface area contributed by atoms with Crippen LogP contribution in [0.5, 0.6) is 11.5 Å². The van der Waals surface area contributed by atoms with E-state index < -0.39 is 0 Å². The Hall–Kier alpha value is -1.55. The molecule has 4 heteroatoms. The number of nitrogens with zero attached hydrogens (tertiary/aromatic N) is 1. The van der Waals surface area contributed by atoms with Crippen LogP contribution >= 0.6 is 0 Å². The van der Waals surface area contributed by atoms with Crippen molar-refractivity contribution < 1.29 is 10.2 Å². The first-order valence-electron chi connectivity index (χ1n) is 6.01. The zero-order chi connectivity index (χ0) is 12.1. The number of nitrogens with one attached hydrogen (secondary N) is 1. The van der Waals surface area contributed by atoms with Gasteiger partial charge in [-0.25, -0.2) is 0 Å². The predicted molar refractivity (Wildman–Crippen MR) is 67.9 cm³/mol. The Morgan fingerprint density at radius 3 is 2.94 bits per heavy atom. The zero-order valence-corrected chi connectivity index (χ0v) is 9.76. The Morgan fingerprint density at radius 2 is 2.24 bits per heavy atom. The Kier molecular flexibility index (Phi) is 3.98. The largest absolute Gasteiger partial charge is 0.508 e. The molecule has 0 radical (unpaired) electrons. The summed E-state index contributed by atoms with van der Waals surface area (Å²) in [7, 11) is 0. The molecule has 1 aromatic carbocycles. The van der Waals surface area contributed by atoms with E-state index in [0.29, 0.717) is 11.6 Å². The monoisotopic (exact) mass is 234 g/mol. The van der Waals surface area contributed by atoms with E-state index in [-0.39, 0.29) is 11.5 Å². The molecule has 1 unspecified atom stereocenters. The molecule has 0 saturated carbocycles. The number of phenolic OH excluding ortho intramolecular Hbond substituents is 2. The topological polar surface area (TPSA) is 64.9 Å². The molecule has 0 spiro atoms. The highest BCUT2D eigenvalue weighted by Crippen LogP contribution is 2.20. The Morgan fingerprint density at radius 1 is 1.35 bits per heavy atom. The van der Waals surface area contributed by atoms with Crippen LogP contribution in [0, 0.1) is 0 Å². The Labute approximate surface area is 101 Å². The minimum absolute atomic E-state index is 0.0605. The molecular weight excluding hydrogens is 216 g/mol. The van der Waals surface area contributed by atoms with Gasteiger partial charge < -0.3 is 15.5 Å². The highest BCUT2D eigenvalue weighted by Gasteiger charge is 2.10. The molecule has 1 fully saturated rings. The van der Waals surface area contributed by atoms with Crippen molar-refractivity contribution in [2.24, 2.45) is 4.99 Å². The van der Waals surface area contributed by atoms with E-state index in [2.05, 4.69) is 10.3 Å². The second kappa shape index (κ2) is 5.68. The molecule has 92 valence electrons. The van der Waals surface area contributed by atoms with Crippen LogP contribution in [0.25, 0.3) is 0 Å². The van der Waals surface area contributed by atoms with Gasteiger partial charge in [0.15, 0.2) is 0 Å². The molecule has 1 aliphatic rings. The molecule has 17 heavy (non-hydrogen) atoms. The lowest BCUT2D eigenvalue weighted by Crippen LogP contribution is -2.36. The molecule has 1 atom stereocenters. The standard InChI is InChI=1S/C13H18N2O2/c16-12-5-4-10(13(17)7-12)8-14-9-11-3-1-2-6-15-11/h4-5,7-8,11,15-17H,1-3,6,9H2. The number of benzene rings is 1. The molecule has 3 N–H and O–H groups in total. The lowest BCUT2D eigenvalue weighted by atomic mass is 10.1. The highest BCUT2D eigenvalue weighted by molar-refractivity contribution is 5.83. The van der Waals surface area contributed by atoms with Crippen LogP contribution in [-0.2, 0) is 0 Å². The Bertz CT molecular complexity index is 398. The predicted octanol–water partition coefficient (Wildman–Crippen LogP) is 1.66. The van der Waals surface area contributed by atoms with E-state index in [9.17, 15) is 5.11 Å². The van der Waals surface area contributed by atoms with E-state index in [0.717, 1.165) is 13.1 Å². The van der Waals surface area contributed by atoms with Gasteiger partial charge >= 0.3 is 0 Å². The van der Waals surface area contributed by atoms with Gasteiger partial charge in [-0.05, 0) is 31.5 Å². The van der Waals surface area contributed by atoms with Crippen LogP contribution in [0.4, 0.5) is 0 Å². The first-order valence-corrected chi connectivity index (χ1v) is 6.01. The van der Waals surface area contributed by atoms with Crippen LogP contribution in [0.2, 0.25) is 0 Å². The number of hydrogen-bond donors (Lipinski definition) is 3. The number of aromatic hydroxyl groups is 2. The second-order valence-electron chi connectivity index (χ2n) is 4.38. The van der Waals surface area contributed by atoms with Crippen molar-refractivity contribution in [2.45, 2.75) is 25.3 Å². The number of rotatable bonds is 3. The third kappa shape index (κ3) is 3.46. The van der Waals surface area contributed by atoms with Crippen LogP contribution in [-0.4, -0.2) is 35.6 Å². The lowest BCUT2D eigenvalue weighted by molar-refractivity contribution is 0.408. The molecule has 0 aliphatic carbocycles. The maximum absolute atomic E-state index is 9.56. The van der Waals surface area contributed by atoms with Gasteiger partial charge in [-0.1, -0.05) is 6.42 Å². The molecule has 0 aromatic heterocycles. The molecular formula is C13H18N2O2. The van der Waals surface area contributed by atoms with Gasteiger partial charge in [0.1, 0.15) is 11.5 Å². The summed E-state index contributed by atoms with van der Waals surface area (Å²) in [6.45, 7) is 1.81. The van der Waals surface area contributed by atoms with Crippen molar-refractivity contribution in [1.82, 2.24) is 5.32 Å². The van der Waals surface area contributed by atoms with Crippen LogP contribution < -0.4 is 5.32 Å². The molecule has 1 aliphatic heterocycles. The molecule has 2 rings (SSSR count).